The molecule has 0 saturated carbocycles. The second-order valence-corrected chi connectivity index (χ2v) is 3.59. The van der Waals surface area contributed by atoms with Gasteiger partial charge in [-0.15, -0.1) is 0 Å². The van der Waals surface area contributed by atoms with E-state index in [0.29, 0.717) is 0 Å². The van der Waals surface area contributed by atoms with E-state index in [-0.39, 0.29) is 13.0 Å². The number of halogens is 6. The van der Waals surface area contributed by atoms with Crippen molar-refractivity contribution in [2.24, 2.45) is 0 Å². The molecule has 0 aliphatic rings. The number of hydrogen-bond donors (Lipinski definition) is 0. The number of ether oxygens (including phenoxy) is 3. The lowest BCUT2D eigenvalue weighted by Gasteiger charge is -2.12. The van der Waals surface area contributed by atoms with E-state index < -0.39 is 43.1 Å². The van der Waals surface area contributed by atoms with Gasteiger partial charge in [0, 0.05) is 6.42 Å². The number of carbonyl (C=O) groups excluding carboxylic acids is 1. The minimum Gasteiger partial charge on any atom is -0.463 e. The van der Waals surface area contributed by atoms with E-state index in [0.717, 1.165) is 0 Å². The molecular weight excluding hydrogens is 310 g/mol. The van der Waals surface area contributed by atoms with Gasteiger partial charge in [0.2, 0.25) is 5.76 Å². The standard InChI is InChI=1S/C11H12F6O4/c1-7(10(12,13)14)20-6-19-5-3-4-9(18)21-8(2)11(15,16)17/h1-6H2. The zero-order valence-electron chi connectivity index (χ0n) is 10.6. The molecule has 0 aromatic heterocycles. The molecule has 0 heterocycles. The Hall–Kier alpha value is -1.71. The third kappa shape index (κ3) is 8.95. The monoisotopic (exact) mass is 322 g/mol. The maximum atomic E-state index is 12.0. The summed E-state index contributed by atoms with van der Waals surface area (Å²) in [6, 6.07) is 0. The molecule has 0 aliphatic heterocycles. The molecule has 21 heavy (non-hydrogen) atoms. The molecule has 4 nitrogen and oxygen atoms in total. The van der Waals surface area contributed by atoms with Crippen LogP contribution in [0.4, 0.5) is 26.3 Å². The van der Waals surface area contributed by atoms with Crippen molar-refractivity contribution in [3.63, 3.8) is 0 Å². The second-order valence-electron chi connectivity index (χ2n) is 3.59. The first-order valence-corrected chi connectivity index (χ1v) is 5.38. The fraction of sp³-hybridized carbons (Fsp3) is 0.545. The molecule has 0 rings (SSSR count). The van der Waals surface area contributed by atoms with Crippen molar-refractivity contribution in [3.8, 4) is 0 Å². The van der Waals surface area contributed by atoms with Crippen LogP contribution in [0, 0.1) is 0 Å². The molecule has 0 unspecified atom stereocenters. The lowest BCUT2D eigenvalue weighted by Crippen LogP contribution is -2.17. The Balaban J connectivity index is 3.71. The molecule has 0 radical (unpaired) electrons. The van der Waals surface area contributed by atoms with Crippen LogP contribution in [0.25, 0.3) is 0 Å². The van der Waals surface area contributed by atoms with Crippen LogP contribution in [0.1, 0.15) is 12.8 Å². The summed E-state index contributed by atoms with van der Waals surface area (Å²) in [5.41, 5.74) is 0. The number of rotatable bonds is 8. The first-order valence-electron chi connectivity index (χ1n) is 5.38. The van der Waals surface area contributed by atoms with Gasteiger partial charge < -0.3 is 14.2 Å². The zero-order chi connectivity index (χ0) is 16.7. The summed E-state index contributed by atoms with van der Waals surface area (Å²) < 4.78 is 84.2. The van der Waals surface area contributed by atoms with Crippen LogP contribution >= 0.6 is 0 Å². The predicted molar refractivity (Wildman–Crippen MR) is 57.6 cm³/mol. The molecular formula is C11H12F6O4. The van der Waals surface area contributed by atoms with Crippen molar-refractivity contribution in [1.29, 1.82) is 0 Å². The van der Waals surface area contributed by atoms with Gasteiger partial charge in [-0.3, -0.25) is 4.79 Å². The molecule has 0 aromatic carbocycles. The number of alkyl halides is 6. The number of esters is 1. The van der Waals surface area contributed by atoms with Crippen LogP contribution in [-0.4, -0.2) is 31.7 Å². The molecule has 0 spiro atoms. The molecule has 0 aromatic rings. The molecule has 0 fully saturated rings. The van der Waals surface area contributed by atoms with E-state index in [1.54, 1.807) is 0 Å². The Kier molecular flexibility index (Phi) is 7.27. The van der Waals surface area contributed by atoms with E-state index in [2.05, 4.69) is 27.4 Å². The van der Waals surface area contributed by atoms with Gasteiger partial charge in [-0.2, -0.15) is 26.3 Å². The summed E-state index contributed by atoms with van der Waals surface area (Å²) in [6.45, 7) is 4.18. The fourth-order valence-corrected chi connectivity index (χ4v) is 0.818. The summed E-state index contributed by atoms with van der Waals surface area (Å²) in [7, 11) is 0. The predicted octanol–water partition coefficient (Wildman–Crippen LogP) is 3.45. The Morgan fingerprint density at radius 2 is 1.48 bits per heavy atom. The number of hydrogen-bond acceptors (Lipinski definition) is 4. The van der Waals surface area contributed by atoms with Gasteiger partial charge in [0.25, 0.3) is 0 Å². The zero-order valence-corrected chi connectivity index (χ0v) is 10.6. The maximum absolute atomic E-state index is 12.0. The number of carbonyl (C=O) groups is 1. The van der Waals surface area contributed by atoms with Crippen molar-refractivity contribution in [1.82, 2.24) is 0 Å². The largest absolute Gasteiger partial charge is 0.463 e. The topological polar surface area (TPSA) is 44.8 Å². The minimum atomic E-state index is -4.84. The highest BCUT2D eigenvalue weighted by Gasteiger charge is 2.35. The molecule has 0 aliphatic carbocycles. The Morgan fingerprint density at radius 1 is 0.952 bits per heavy atom. The van der Waals surface area contributed by atoms with E-state index in [1.165, 1.54) is 0 Å². The lowest BCUT2D eigenvalue weighted by atomic mass is 10.3. The van der Waals surface area contributed by atoms with Gasteiger partial charge in [0.15, 0.2) is 12.6 Å². The highest BCUT2D eigenvalue weighted by atomic mass is 19.4. The summed E-state index contributed by atoms with van der Waals surface area (Å²) in [6.07, 6.45) is -10.0. The van der Waals surface area contributed by atoms with E-state index >= 15 is 0 Å². The van der Waals surface area contributed by atoms with Crippen LogP contribution in [0.3, 0.4) is 0 Å². The van der Waals surface area contributed by atoms with E-state index in [9.17, 15) is 31.1 Å². The highest BCUT2D eigenvalue weighted by molar-refractivity contribution is 5.70. The SMILES string of the molecule is C=C(OCOCCCC(=O)OC(=C)C(F)(F)F)C(F)(F)F. The first kappa shape index (κ1) is 19.3. The molecule has 122 valence electrons. The van der Waals surface area contributed by atoms with Crippen molar-refractivity contribution in [2.75, 3.05) is 13.4 Å². The average Bonchev–Trinajstić information content (AvgIpc) is 2.30. The van der Waals surface area contributed by atoms with Gasteiger partial charge in [-0.25, -0.2) is 0 Å². The molecule has 10 heteroatoms. The normalized spacial score (nSPS) is 11.9. The summed E-state index contributed by atoms with van der Waals surface area (Å²) in [5.74, 6) is -4.26. The Labute approximate surface area is 116 Å². The smallest absolute Gasteiger partial charge is 0.449 e. The third-order valence-electron chi connectivity index (χ3n) is 1.86. The second kappa shape index (κ2) is 7.91. The lowest BCUT2D eigenvalue weighted by molar-refractivity contribution is -0.161. The molecule has 0 bridgehead atoms. The molecule has 0 amide bonds. The Bertz CT molecular complexity index is 385. The van der Waals surface area contributed by atoms with Crippen LogP contribution in [-0.2, 0) is 19.0 Å². The third-order valence-corrected chi connectivity index (χ3v) is 1.86. The van der Waals surface area contributed by atoms with E-state index in [1.807, 2.05) is 0 Å². The van der Waals surface area contributed by atoms with Crippen LogP contribution < -0.4 is 0 Å². The molecule has 0 saturated heterocycles. The molecule has 0 N–H and O–H groups in total. The van der Waals surface area contributed by atoms with Crippen LogP contribution in [0.5, 0.6) is 0 Å². The van der Waals surface area contributed by atoms with Crippen molar-refractivity contribution >= 4 is 5.97 Å². The average molecular weight is 322 g/mol. The van der Waals surface area contributed by atoms with Gasteiger partial charge in [0.1, 0.15) is 0 Å². The van der Waals surface area contributed by atoms with Gasteiger partial charge in [-0.1, -0.05) is 13.2 Å². The number of allylic oxidation sites excluding steroid dienone is 2. The maximum Gasteiger partial charge on any atom is 0.449 e. The quantitative estimate of drug-likeness (QED) is 0.226. The highest BCUT2D eigenvalue weighted by Crippen LogP contribution is 2.25. The van der Waals surface area contributed by atoms with E-state index in [4.69, 9.17) is 0 Å². The van der Waals surface area contributed by atoms with Gasteiger partial charge in [0.05, 0.1) is 6.61 Å². The Morgan fingerprint density at radius 3 is 1.95 bits per heavy atom. The van der Waals surface area contributed by atoms with Crippen molar-refractivity contribution in [2.45, 2.75) is 25.2 Å². The summed E-state index contributed by atoms with van der Waals surface area (Å²) >= 11 is 0. The first-order chi connectivity index (χ1) is 9.44. The fourth-order valence-electron chi connectivity index (χ4n) is 0.818. The van der Waals surface area contributed by atoms with Gasteiger partial charge in [-0.05, 0) is 6.42 Å². The summed E-state index contributed by atoms with van der Waals surface area (Å²) in [5, 5.41) is 0. The van der Waals surface area contributed by atoms with Gasteiger partial charge >= 0.3 is 18.3 Å². The minimum absolute atomic E-state index is 0.0637. The van der Waals surface area contributed by atoms with Crippen molar-refractivity contribution < 1.29 is 45.3 Å². The van der Waals surface area contributed by atoms with Crippen LogP contribution in [0.15, 0.2) is 24.7 Å². The summed E-state index contributed by atoms with van der Waals surface area (Å²) in [4.78, 5) is 10.9. The van der Waals surface area contributed by atoms with Crippen molar-refractivity contribution in [3.05, 3.63) is 24.7 Å². The van der Waals surface area contributed by atoms with Crippen LogP contribution in [0.2, 0.25) is 0 Å². The molecule has 0 atom stereocenters.